The molecule has 0 fully saturated rings. The van der Waals surface area contributed by atoms with E-state index in [1.807, 2.05) is 6.92 Å². The second-order valence-corrected chi connectivity index (χ2v) is 4.71. The molecule has 16 heavy (non-hydrogen) atoms. The molecular weight excluding hydrogens is 220 g/mol. The number of hydrogen-bond donors (Lipinski definition) is 1. The molecular formula is C12H18N2OS. The summed E-state index contributed by atoms with van der Waals surface area (Å²) in [5.74, 6) is 0.855. The lowest BCUT2D eigenvalue weighted by molar-refractivity contribution is 0.111. The van der Waals surface area contributed by atoms with Crippen LogP contribution in [0.15, 0.2) is 0 Å². The first-order valence-electron chi connectivity index (χ1n) is 5.87. The van der Waals surface area contributed by atoms with Crippen LogP contribution in [0, 0.1) is 4.64 Å². The summed E-state index contributed by atoms with van der Waals surface area (Å²) in [5, 5.41) is 0. The van der Waals surface area contributed by atoms with Gasteiger partial charge >= 0.3 is 0 Å². The molecule has 1 aliphatic rings. The fraction of sp³-hybridized carbons (Fsp3) is 0.667. The number of nitrogens with zero attached hydrogens (tertiary/aromatic N) is 1. The first-order chi connectivity index (χ1) is 7.72. The Bertz CT molecular complexity index is 428. The molecule has 1 aromatic heterocycles. The highest BCUT2D eigenvalue weighted by atomic mass is 32.1. The first kappa shape index (κ1) is 11.7. The van der Waals surface area contributed by atoms with Crippen LogP contribution in [0.3, 0.4) is 0 Å². The van der Waals surface area contributed by atoms with Gasteiger partial charge in [0.25, 0.3) is 0 Å². The Kier molecular flexibility index (Phi) is 3.71. The molecule has 0 aromatic carbocycles. The smallest absolute Gasteiger partial charge is 0.136 e. The molecule has 1 N–H and O–H groups in total. The number of aryl methyl sites for hydroxylation is 1. The van der Waals surface area contributed by atoms with Crippen molar-refractivity contribution in [3.63, 3.8) is 0 Å². The Morgan fingerprint density at radius 2 is 2.06 bits per heavy atom. The average molecular weight is 238 g/mol. The lowest BCUT2D eigenvalue weighted by atomic mass is 10.1. The van der Waals surface area contributed by atoms with E-state index in [4.69, 9.17) is 17.0 Å². The summed E-state index contributed by atoms with van der Waals surface area (Å²) in [6.07, 6.45) is 5.89. The Hall–Kier alpha value is -0.740. The van der Waals surface area contributed by atoms with Crippen LogP contribution in [0.2, 0.25) is 0 Å². The lowest BCUT2D eigenvalue weighted by Gasteiger charge is -2.13. The van der Waals surface area contributed by atoms with Crippen LogP contribution in [-0.4, -0.2) is 17.1 Å². The van der Waals surface area contributed by atoms with Crippen molar-refractivity contribution in [1.82, 2.24) is 9.97 Å². The topological polar surface area (TPSA) is 37.9 Å². The van der Waals surface area contributed by atoms with Crippen molar-refractivity contribution < 1.29 is 4.74 Å². The van der Waals surface area contributed by atoms with Crippen molar-refractivity contribution in [1.29, 1.82) is 0 Å². The van der Waals surface area contributed by atoms with Crippen LogP contribution in [0.25, 0.3) is 0 Å². The Morgan fingerprint density at radius 1 is 1.31 bits per heavy atom. The molecule has 1 atom stereocenters. The molecule has 3 nitrogen and oxygen atoms in total. The van der Waals surface area contributed by atoms with Gasteiger partial charge in [0.15, 0.2) is 0 Å². The van der Waals surface area contributed by atoms with Gasteiger partial charge in [-0.05, 0) is 32.6 Å². The quantitative estimate of drug-likeness (QED) is 0.635. The summed E-state index contributed by atoms with van der Waals surface area (Å²) in [5.41, 5.74) is 2.52. The lowest BCUT2D eigenvalue weighted by Crippen LogP contribution is -2.08. The molecule has 1 unspecified atom stereocenters. The summed E-state index contributed by atoms with van der Waals surface area (Å²) >= 11 is 5.37. The van der Waals surface area contributed by atoms with Crippen LogP contribution >= 0.6 is 12.2 Å². The number of methoxy groups -OCH3 is 1. The number of rotatable bonds is 2. The number of aromatic amines is 1. The van der Waals surface area contributed by atoms with Crippen molar-refractivity contribution in [2.75, 3.05) is 7.11 Å². The van der Waals surface area contributed by atoms with Gasteiger partial charge < -0.3 is 9.72 Å². The van der Waals surface area contributed by atoms with Crippen molar-refractivity contribution >= 4 is 12.2 Å². The molecule has 0 bridgehead atoms. The first-order valence-corrected chi connectivity index (χ1v) is 6.28. The minimum Gasteiger partial charge on any atom is -0.374 e. The maximum absolute atomic E-state index is 5.37. The zero-order valence-electron chi connectivity index (χ0n) is 9.88. The van der Waals surface area contributed by atoms with Crippen molar-refractivity contribution in [3.8, 4) is 0 Å². The van der Waals surface area contributed by atoms with E-state index in [1.54, 1.807) is 7.11 Å². The molecule has 0 aliphatic heterocycles. The summed E-state index contributed by atoms with van der Waals surface area (Å²) in [4.78, 5) is 7.83. The van der Waals surface area contributed by atoms with Crippen LogP contribution in [0.1, 0.15) is 49.4 Å². The van der Waals surface area contributed by atoms with Gasteiger partial charge in [0.1, 0.15) is 16.6 Å². The van der Waals surface area contributed by atoms with Crippen molar-refractivity contribution in [2.45, 2.75) is 45.1 Å². The fourth-order valence-electron chi connectivity index (χ4n) is 2.12. The number of aromatic nitrogens is 2. The van der Waals surface area contributed by atoms with Crippen molar-refractivity contribution in [3.05, 3.63) is 21.7 Å². The summed E-state index contributed by atoms with van der Waals surface area (Å²) in [7, 11) is 1.69. The van der Waals surface area contributed by atoms with E-state index in [0.717, 1.165) is 23.3 Å². The molecule has 0 radical (unpaired) electrons. The zero-order chi connectivity index (χ0) is 11.5. The minimum absolute atomic E-state index is 0.0183. The van der Waals surface area contributed by atoms with Crippen LogP contribution < -0.4 is 0 Å². The van der Waals surface area contributed by atoms with Gasteiger partial charge in [-0.1, -0.05) is 18.6 Å². The van der Waals surface area contributed by atoms with E-state index in [-0.39, 0.29) is 6.10 Å². The third-order valence-corrected chi connectivity index (χ3v) is 3.55. The van der Waals surface area contributed by atoms with E-state index in [2.05, 4.69) is 9.97 Å². The predicted octanol–water partition coefficient (Wildman–Crippen LogP) is 3.12. The maximum atomic E-state index is 5.37. The highest BCUT2D eigenvalue weighted by Crippen LogP contribution is 2.21. The Balaban J connectivity index is 2.43. The molecule has 1 heterocycles. The predicted molar refractivity (Wildman–Crippen MR) is 66.1 cm³/mol. The van der Waals surface area contributed by atoms with E-state index in [9.17, 15) is 0 Å². The van der Waals surface area contributed by atoms with E-state index >= 15 is 0 Å². The molecule has 88 valence electrons. The molecule has 0 amide bonds. The SMILES string of the molecule is COC(C)c1nc(=S)c2c([nH]1)CCCCC2. The molecule has 0 spiro atoms. The van der Waals surface area contributed by atoms with Gasteiger partial charge in [-0.15, -0.1) is 0 Å². The molecule has 1 aliphatic carbocycles. The van der Waals surface area contributed by atoms with Crippen molar-refractivity contribution in [2.24, 2.45) is 0 Å². The number of hydrogen-bond acceptors (Lipinski definition) is 3. The van der Waals surface area contributed by atoms with Gasteiger partial charge in [-0.3, -0.25) is 0 Å². The normalized spacial score (nSPS) is 17.6. The Morgan fingerprint density at radius 3 is 2.81 bits per heavy atom. The largest absolute Gasteiger partial charge is 0.374 e. The van der Waals surface area contributed by atoms with Gasteiger partial charge in [0, 0.05) is 18.4 Å². The average Bonchev–Trinajstić information content (AvgIpc) is 2.53. The van der Waals surface area contributed by atoms with E-state index in [1.165, 1.54) is 30.5 Å². The monoisotopic (exact) mass is 238 g/mol. The van der Waals surface area contributed by atoms with E-state index < -0.39 is 0 Å². The summed E-state index contributed by atoms with van der Waals surface area (Å²) < 4.78 is 6.03. The number of nitrogens with one attached hydrogen (secondary N) is 1. The highest BCUT2D eigenvalue weighted by Gasteiger charge is 2.14. The molecule has 4 heteroatoms. The third kappa shape index (κ3) is 2.33. The molecule has 0 saturated heterocycles. The molecule has 2 rings (SSSR count). The second-order valence-electron chi connectivity index (χ2n) is 4.32. The van der Waals surface area contributed by atoms with E-state index in [0.29, 0.717) is 0 Å². The van der Waals surface area contributed by atoms with Gasteiger partial charge in [0.2, 0.25) is 0 Å². The van der Waals surface area contributed by atoms with Crippen LogP contribution in [0.4, 0.5) is 0 Å². The number of H-pyrrole nitrogens is 1. The standard InChI is InChI=1S/C12H18N2OS/c1-8(15-2)11-13-10-7-5-3-4-6-9(10)12(16)14-11/h8H,3-7H2,1-2H3,(H,13,14,16). The van der Waals surface area contributed by atoms with Gasteiger partial charge in [0.05, 0.1) is 0 Å². The highest BCUT2D eigenvalue weighted by molar-refractivity contribution is 7.71. The van der Waals surface area contributed by atoms with Crippen LogP contribution in [0.5, 0.6) is 0 Å². The Labute approximate surface area is 101 Å². The van der Waals surface area contributed by atoms with Crippen LogP contribution in [-0.2, 0) is 17.6 Å². The number of fused-ring (bicyclic) bond motifs is 1. The molecule has 1 aromatic rings. The second kappa shape index (κ2) is 5.06. The minimum atomic E-state index is -0.0183. The fourth-order valence-corrected chi connectivity index (χ4v) is 2.44. The summed E-state index contributed by atoms with van der Waals surface area (Å²) in [6, 6.07) is 0. The third-order valence-electron chi connectivity index (χ3n) is 3.22. The van der Waals surface area contributed by atoms with Gasteiger partial charge in [-0.25, -0.2) is 4.98 Å². The maximum Gasteiger partial charge on any atom is 0.136 e. The summed E-state index contributed by atoms with van der Waals surface area (Å²) in [6.45, 7) is 1.98. The zero-order valence-corrected chi connectivity index (χ0v) is 10.7. The number of ether oxygens (including phenoxy) is 1. The molecule has 0 saturated carbocycles. The van der Waals surface area contributed by atoms with Gasteiger partial charge in [-0.2, -0.15) is 0 Å².